The Bertz CT molecular complexity index is 2310. The predicted octanol–water partition coefficient (Wildman–Crippen LogP) is 13.2. The van der Waals surface area contributed by atoms with Crippen LogP contribution < -0.4 is 5.46 Å². The van der Waals surface area contributed by atoms with Crippen LogP contribution >= 0.6 is 17.0 Å². The maximum atomic E-state index is 5.36. The molecular weight excluding hydrogens is 725 g/mol. The molecule has 0 aliphatic heterocycles. The van der Waals surface area contributed by atoms with Crippen LogP contribution in [-0.4, -0.2) is 7.85 Å². The van der Waals surface area contributed by atoms with Crippen molar-refractivity contribution in [1.82, 2.24) is 0 Å². The molecule has 0 aliphatic rings. The quantitative estimate of drug-likeness (QED) is 0.122. The molecule has 0 unspecified atom stereocenters. The molecule has 0 nitrogen and oxygen atoms in total. The molecule has 50 heavy (non-hydrogen) atoms. The first kappa shape index (κ1) is 35.6. The Morgan fingerprint density at radius 2 is 0.760 bits per heavy atom. The minimum atomic E-state index is -0.826. The summed E-state index contributed by atoms with van der Waals surface area (Å²) in [6.45, 7) is 4.32. The van der Waals surface area contributed by atoms with E-state index < -0.39 is 20.8 Å². The van der Waals surface area contributed by atoms with Crippen molar-refractivity contribution in [2.24, 2.45) is 0 Å². The van der Waals surface area contributed by atoms with Gasteiger partial charge in [-0.15, -0.1) is 69.1 Å². The van der Waals surface area contributed by atoms with Crippen LogP contribution in [0.25, 0.3) is 65.3 Å². The van der Waals surface area contributed by atoms with Gasteiger partial charge in [0.05, 0.1) is 0 Å². The molecule has 0 amide bonds. The number of halogens is 2. The third-order valence-electron chi connectivity index (χ3n) is 8.75. The van der Waals surface area contributed by atoms with Gasteiger partial charge in [-0.05, 0) is 32.7 Å². The molecule has 0 aromatic heterocycles. The Labute approximate surface area is 315 Å². The van der Waals surface area contributed by atoms with E-state index in [1.165, 1.54) is 76.5 Å². The fraction of sp³-hybridized carbons (Fsp3) is 0.0435. The Hall–Kier alpha value is -4.19. The molecule has 0 N–H and O–H groups in total. The predicted molar refractivity (Wildman–Crippen MR) is 218 cm³/mol. The first-order chi connectivity index (χ1) is 24.5. The SMILES string of the molecule is Cc1cc2c(-c3cccc4ccccc34)cccc2[cH-]1.Cc1cc2c(-c3cccc4ccccc34)cccc2[cH-]1.[B]c1ccccc1.[Cl][Zr+2][Cl]. The van der Waals surface area contributed by atoms with Crippen molar-refractivity contribution >= 4 is 73.4 Å². The summed E-state index contributed by atoms with van der Waals surface area (Å²) in [5.41, 5.74) is 8.77. The topological polar surface area (TPSA) is 0 Å². The molecule has 0 heterocycles. The Morgan fingerprint density at radius 3 is 1.16 bits per heavy atom. The number of hydrogen-bond donors (Lipinski definition) is 0. The van der Waals surface area contributed by atoms with E-state index in [1.54, 1.807) is 0 Å². The second-order valence-electron chi connectivity index (χ2n) is 12.2. The Kier molecular flexibility index (Phi) is 12.2. The van der Waals surface area contributed by atoms with Gasteiger partial charge in [-0.25, -0.2) is 0 Å². The second kappa shape index (κ2) is 17.2. The van der Waals surface area contributed by atoms with E-state index in [0.29, 0.717) is 0 Å². The van der Waals surface area contributed by atoms with Crippen molar-refractivity contribution in [3.8, 4) is 22.3 Å². The standard InChI is InChI=1S/2C20H15.C6H5B.2ClH.Zr/c2*1-14-12-16-8-5-11-19(20(16)13-14)18-10-4-7-15-6-2-3-9-17(15)18;7-6-4-2-1-3-5-6;;;/h2*2-13H,1H3;1-5H;2*1H;/q2*-1;;;;+4/p-2. The molecule has 9 aromatic rings. The molecular formula is C46H35BCl2Zr. The molecule has 9 rings (SSSR count). The van der Waals surface area contributed by atoms with Crippen molar-refractivity contribution < 1.29 is 20.8 Å². The van der Waals surface area contributed by atoms with Crippen molar-refractivity contribution in [3.05, 3.63) is 187 Å². The van der Waals surface area contributed by atoms with E-state index in [9.17, 15) is 0 Å². The van der Waals surface area contributed by atoms with E-state index in [4.69, 9.17) is 24.9 Å². The molecule has 0 spiro atoms. The normalized spacial score (nSPS) is 10.4. The summed E-state index contributed by atoms with van der Waals surface area (Å²) in [5.74, 6) is 0. The van der Waals surface area contributed by atoms with Crippen LogP contribution in [0.3, 0.4) is 0 Å². The van der Waals surface area contributed by atoms with Gasteiger partial charge in [0.1, 0.15) is 7.85 Å². The molecule has 9 aromatic carbocycles. The van der Waals surface area contributed by atoms with E-state index in [-0.39, 0.29) is 0 Å². The Balaban J connectivity index is 0.000000137. The van der Waals surface area contributed by atoms with Crippen molar-refractivity contribution in [2.45, 2.75) is 13.8 Å². The van der Waals surface area contributed by atoms with Crippen molar-refractivity contribution in [3.63, 3.8) is 0 Å². The monoisotopic (exact) mass is 758 g/mol. The summed E-state index contributed by atoms with van der Waals surface area (Å²) in [7, 11) is 15.2. The van der Waals surface area contributed by atoms with E-state index in [1.807, 2.05) is 30.3 Å². The average Bonchev–Trinajstić information content (AvgIpc) is 3.73. The van der Waals surface area contributed by atoms with Crippen LogP contribution in [0.1, 0.15) is 11.1 Å². The number of benzene rings is 7. The molecule has 4 heteroatoms. The van der Waals surface area contributed by atoms with Gasteiger partial charge in [-0.2, -0.15) is 12.1 Å². The van der Waals surface area contributed by atoms with Gasteiger partial charge in [-0.3, -0.25) is 0 Å². The summed E-state index contributed by atoms with van der Waals surface area (Å²) in [6, 6.07) is 62.0. The van der Waals surface area contributed by atoms with E-state index >= 15 is 0 Å². The first-order valence-electron chi connectivity index (χ1n) is 16.5. The molecule has 0 fully saturated rings. The summed E-state index contributed by atoms with van der Waals surface area (Å²) in [5, 5.41) is 10.6. The van der Waals surface area contributed by atoms with Gasteiger partial charge >= 0.3 is 37.9 Å². The number of rotatable bonds is 2. The van der Waals surface area contributed by atoms with Gasteiger partial charge in [0.25, 0.3) is 0 Å². The van der Waals surface area contributed by atoms with Crippen LogP contribution in [-0.2, 0) is 20.8 Å². The van der Waals surface area contributed by atoms with E-state index in [0.717, 1.165) is 5.46 Å². The fourth-order valence-corrected chi connectivity index (χ4v) is 6.61. The zero-order valence-corrected chi connectivity index (χ0v) is 32.0. The number of fused-ring (bicyclic) bond motifs is 4. The average molecular weight is 761 g/mol. The molecule has 0 bridgehead atoms. The summed E-state index contributed by atoms with van der Waals surface area (Å²) in [4.78, 5) is 0. The number of aryl methyl sites for hydroxylation is 2. The Morgan fingerprint density at radius 1 is 0.420 bits per heavy atom. The second-order valence-corrected chi connectivity index (χ2v) is 15.9. The molecule has 0 saturated heterocycles. The van der Waals surface area contributed by atoms with Crippen LogP contribution in [0.2, 0.25) is 0 Å². The summed E-state index contributed by atoms with van der Waals surface area (Å²) >= 11 is -0.826. The molecule has 240 valence electrons. The molecule has 0 aliphatic carbocycles. The molecule has 2 radical (unpaired) electrons. The van der Waals surface area contributed by atoms with Crippen LogP contribution in [0, 0.1) is 13.8 Å². The first-order valence-corrected chi connectivity index (χ1v) is 22.8. The number of hydrogen-bond acceptors (Lipinski definition) is 0. The van der Waals surface area contributed by atoms with Gasteiger partial charge in [0.2, 0.25) is 0 Å². The maximum absolute atomic E-state index is 5.36. The van der Waals surface area contributed by atoms with E-state index in [2.05, 4.69) is 159 Å². The zero-order valence-electron chi connectivity index (χ0n) is 28.1. The third-order valence-corrected chi connectivity index (χ3v) is 8.75. The van der Waals surface area contributed by atoms with Gasteiger partial charge in [0.15, 0.2) is 0 Å². The van der Waals surface area contributed by atoms with Gasteiger partial charge < -0.3 is 0 Å². The third kappa shape index (κ3) is 8.39. The molecule has 0 atom stereocenters. The van der Waals surface area contributed by atoms with Gasteiger partial charge in [0, 0.05) is 0 Å². The van der Waals surface area contributed by atoms with Crippen LogP contribution in [0.5, 0.6) is 0 Å². The van der Waals surface area contributed by atoms with Crippen LogP contribution in [0.4, 0.5) is 0 Å². The fourth-order valence-electron chi connectivity index (χ4n) is 6.61. The summed E-state index contributed by atoms with van der Waals surface area (Å²) in [6.07, 6.45) is 0. The van der Waals surface area contributed by atoms with Gasteiger partial charge in [-0.1, -0.05) is 158 Å². The summed E-state index contributed by atoms with van der Waals surface area (Å²) < 4.78 is 0. The van der Waals surface area contributed by atoms with Crippen molar-refractivity contribution in [2.75, 3.05) is 0 Å². The zero-order chi connectivity index (χ0) is 34.9. The molecule has 0 saturated carbocycles. The van der Waals surface area contributed by atoms with Crippen molar-refractivity contribution in [1.29, 1.82) is 0 Å². The minimum absolute atomic E-state index is 0.822. The van der Waals surface area contributed by atoms with Crippen LogP contribution in [0.15, 0.2) is 176 Å².